The molecule has 2 nitrogen and oxygen atoms in total. The van der Waals surface area contributed by atoms with Crippen LogP contribution in [-0.4, -0.2) is 11.6 Å². The van der Waals surface area contributed by atoms with Gasteiger partial charge in [-0.05, 0) is 19.1 Å². The molecule has 0 unspecified atom stereocenters. The van der Waals surface area contributed by atoms with E-state index in [2.05, 4.69) is 5.92 Å². The van der Waals surface area contributed by atoms with Crippen LogP contribution in [0, 0.1) is 19.3 Å². The second kappa shape index (κ2) is 5.99. The van der Waals surface area contributed by atoms with Crippen LogP contribution in [-0.2, 0) is 4.79 Å². The molecule has 12 heavy (non-hydrogen) atoms. The monoisotopic (exact) mass is 162 g/mol. The summed E-state index contributed by atoms with van der Waals surface area (Å²) in [5.74, 6) is 2.55. The predicted octanol–water partition coefficient (Wildman–Crippen LogP) is 1.68. The zero-order valence-corrected chi connectivity index (χ0v) is 6.82. The van der Waals surface area contributed by atoms with Crippen molar-refractivity contribution in [1.29, 1.82) is 0 Å². The number of terminal acetylenes is 1. The molecule has 0 aliphatic heterocycles. The molecule has 2 heteroatoms. The van der Waals surface area contributed by atoms with Gasteiger partial charge in [-0.3, -0.25) is 4.79 Å². The topological polar surface area (TPSA) is 37.3 Å². The lowest BCUT2D eigenvalue weighted by atomic mass is 10.2. The summed E-state index contributed by atoms with van der Waals surface area (Å²) < 4.78 is 0. The molecule has 1 aromatic rings. The van der Waals surface area contributed by atoms with Gasteiger partial charge >= 0.3 is 0 Å². The zero-order valence-electron chi connectivity index (χ0n) is 6.82. The van der Waals surface area contributed by atoms with Crippen molar-refractivity contribution in [3.63, 3.8) is 0 Å². The molecule has 0 saturated heterocycles. The molecule has 1 N–H and O–H groups in total. The first-order valence-corrected chi connectivity index (χ1v) is 3.35. The minimum Gasteiger partial charge on any atom is -0.483 e. The molecule has 0 spiro atoms. The highest BCUT2D eigenvalue weighted by molar-refractivity contribution is 5.33. The molecule has 0 bridgehead atoms. The third-order valence-electron chi connectivity index (χ3n) is 1.22. The summed E-state index contributed by atoms with van der Waals surface area (Å²) in [6, 6.07) is 7.90. The average molecular weight is 162 g/mol. The first-order chi connectivity index (χ1) is 5.74. The van der Waals surface area contributed by atoms with Crippen LogP contribution in [0.3, 0.4) is 0 Å². The van der Waals surface area contributed by atoms with Crippen molar-refractivity contribution in [3.8, 4) is 12.3 Å². The number of hydrogen-bond donors (Lipinski definition) is 1. The zero-order chi connectivity index (χ0) is 9.40. The molecule has 0 aliphatic carbocycles. The summed E-state index contributed by atoms with van der Waals surface area (Å²) in [5.41, 5.74) is 2.19. The van der Waals surface area contributed by atoms with Gasteiger partial charge in [-0.2, -0.15) is 0 Å². The summed E-state index contributed by atoms with van der Waals surface area (Å²) in [7, 11) is 0. The lowest BCUT2D eigenvalue weighted by Crippen LogP contribution is -1.72. The SMILES string of the molecule is C#Cc1ccc(C)cc1.O=CO. The van der Waals surface area contributed by atoms with E-state index < -0.39 is 0 Å². The normalized spacial score (nSPS) is 7.33. The van der Waals surface area contributed by atoms with Crippen LogP contribution < -0.4 is 0 Å². The van der Waals surface area contributed by atoms with E-state index in [1.807, 2.05) is 31.2 Å². The Bertz CT molecular complexity index is 267. The van der Waals surface area contributed by atoms with Crippen LogP contribution in [0.1, 0.15) is 11.1 Å². The van der Waals surface area contributed by atoms with Crippen LogP contribution in [0.15, 0.2) is 24.3 Å². The Kier molecular flexibility index (Phi) is 5.12. The fraction of sp³-hybridized carbons (Fsp3) is 0.100. The molecule has 62 valence electrons. The van der Waals surface area contributed by atoms with Crippen LogP contribution in [0.4, 0.5) is 0 Å². The molecule has 0 radical (unpaired) electrons. The Morgan fingerprint density at radius 1 is 1.42 bits per heavy atom. The summed E-state index contributed by atoms with van der Waals surface area (Å²) in [4.78, 5) is 8.36. The number of rotatable bonds is 0. The first-order valence-electron chi connectivity index (χ1n) is 3.35. The van der Waals surface area contributed by atoms with Crippen LogP contribution in [0.25, 0.3) is 0 Å². The Hall–Kier alpha value is -1.75. The van der Waals surface area contributed by atoms with E-state index >= 15 is 0 Å². The van der Waals surface area contributed by atoms with E-state index in [0.717, 1.165) is 5.56 Å². The first kappa shape index (κ1) is 10.2. The van der Waals surface area contributed by atoms with Gasteiger partial charge in [0.25, 0.3) is 6.47 Å². The van der Waals surface area contributed by atoms with Crippen molar-refractivity contribution in [2.75, 3.05) is 0 Å². The van der Waals surface area contributed by atoms with Gasteiger partial charge in [-0.25, -0.2) is 0 Å². The largest absolute Gasteiger partial charge is 0.483 e. The molecule has 0 heterocycles. The van der Waals surface area contributed by atoms with E-state index in [4.69, 9.17) is 16.3 Å². The molecule has 0 fully saturated rings. The smallest absolute Gasteiger partial charge is 0.290 e. The van der Waals surface area contributed by atoms with Crippen LogP contribution >= 0.6 is 0 Å². The number of aryl methyl sites for hydroxylation is 1. The Labute approximate surface area is 71.9 Å². The second-order valence-electron chi connectivity index (χ2n) is 2.12. The minimum absolute atomic E-state index is 0.250. The van der Waals surface area contributed by atoms with E-state index in [9.17, 15) is 0 Å². The maximum Gasteiger partial charge on any atom is 0.290 e. The minimum atomic E-state index is -0.250. The molecule has 0 aromatic heterocycles. The van der Waals surface area contributed by atoms with Gasteiger partial charge in [0.05, 0.1) is 0 Å². The van der Waals surface area contributed by atoms with Crippen molar-refractivity contribution in [1.82, 2.24) is 0 Å². The molecular weight excluding hydrogens is 152 g/mol. The van der Waals surface area contributed by atoms with Gasteiger partial charge in [0, 0.05) is 5.56 Å². The Balaban J connectivity index is 0.000000354. The molecule has 1 rings (SSSR count). The summed E-state index contributed by atoms with van der Waals surface area (Å²) in [6.45, 7) is 1.79. The van der Waals surface area contributed by atoms with Crippen LogP contribution in [0.2, 0.25) is 0 Å². The average Bonchev–Trinajstić information content (AvgIpc) is 2.07. The summed E-state index contributed by atoms with van der Waals surface area (Å²) in [5, 5.41) is 6.89. The molecule has 0 atom stereocenters. The third-order valence-corrected chi connectivity index (χ3v) is 1.22. The van der Waals surface area contributed by atoms with Crippen molar-refractivity contribution in [2.24, 2.45) is 0 Å². The van der Waals surface area contributed by atoms with E-state index in [1.54, 1.807) is 0 Å². The van der Waals surface area contributed by atoms with Gasteiger partial charge < -0.3 is 5.11 Å². The summed E-state index contributed by atoms with van der Waals surface area (Å²) >= 11 is 0. The lowest BCUT2D eigenvalue weighted by molar-refractivity contribution is -0.122. The second-order valence-corrected chi connectivity index (χ2v) is 2.12. The van der Waals surface area contributed by atoms with Gasteiger partial charge in [0.15, 0.2) is 0 Å². The lowest BCUT2D eigenvalue weighted by Gasteiger charge is -1.89. The van der Waals surface area contributed by atoms with E-state index in [1.165, 1.54) is 5.56 Å². The maximum absolute atomic E-state index is 8.36. The van der Waals surface area contributed by atoms with Crippen LogP contribution in [0.5, 0.6) is 0 Å². The van der Waals surface area contributed by atoms with Crippen molar-refractivity contribution in [2.45, 2.75) is 6.92 Å². The fourth-order valence-corrected chi connectivity index (χ4v) is 0.650. The Morgan fingerprint density at radius 3 is 2.17 bits per heavy atom. The number of benzene rings is 1. The van der Waals surface area contributed by atoms with Crippen molar-refractivity contribution < 1.29 is 9.90 Å². The number of carboxylic acid groups (broad SMARTS) is 1. The van der Waals surface area contributed by atoms with Crippen molar-refractivity contribution in [3.05, 3.63) is 35.4 Å². The number of carbonyl (C=O) groups is 1. The summed E-state index contributed by atoms with van der Waals surface area (Å²) in [6.07, 6.45) is 5.15. The van der Waals surface area contributed by atoms with E-state index in [0.29, 0.717) is 0 Å². The molecular formula is C10H10O2. The molecule has 0 saturated carbocycles. The Morgan fingerprint density at radius 2 is 1.83 bits per heavy atom. The molecule has 0 aliphatic rings. The third kappa shape index (κ3) is 4.13. The fourth-order valence-electron chi connectivity index (χ4n) is 0.650. The quantitative estimate of drug-likeness (QED) is 0.465. The standard InChI is InChI=1S/C9H8.CH2O2/c1-3-9-6-4-8(2)5-7-9;2-1-3/h1,4-7H,2H3;1H,(H,2,3). The maximum atomic E-state index is 8.36. The molecule has 1 aromatic carbocycles. The van der Waals surface area contributed by atoms with Crippen molar-refractivity contribution >= 4 is 6.47 Å². The number of hydrogen-bond acceptors (Lipinski definition) is 1. The predicted molar refractivity (Wildman–Crippen MR) is 47.8 cm³/mol. The van der Waals surface area contributed by atoms with E-state index in [-0.39, 0.29) is 6.47 Å². The highest BCUT2D eigenvalue weighted by atomic mass is 16.3. The highest BCUT2D eigenvalue weighted by Crippen LogP contribution is 1.99. The highest BCUT2D eigenvalue weighted by Gasteiger charge is 1.82. The molecule has 0 amide bonds. The van der Waals surface area contributed by atoms with Gasteiger partial charge in [-0.15, -0.1) is 6.42 Å². The van der Waals surface area contributed by atoms with Gasteiger partial charge in [-0.1, -0.05) is 23.6 Å². The van der Waals surface area contributed by atoms with Gasteiger partial charge in [0.2, 0.25) is 0 Å². The van der Waals surface area contributed by atoms with Gasteiger partial charge in [0.1, 0.15) is 0 Å².